The molecule has 3 aromatic rings. The largest absolute Gasteiger partial charge is 0.494 e. The first-order valence-electron chi connectivity index (χ1n) is 22.9. The second-order valence-electron chi connectivity index (χ2n) is 17.1. The van der Waals surface area contributed by atoms with Gasteiger partial charge in [0.15, 0.2) is 0 Å². The SMILES string of the molecule is CCCCCCCCCCCCCCCCCCOc1ccc(C(=O)C(OCCC(C)c2cccc(C(C)C)c2)OCCC(C)c2cccc(C(C)C)c2)cc1. The molecule has 0 saturated carbocycles. The highest BCUT2D eigenvalue weighted by Crippen LogP contribution is 2.26. The topological polar surface area (TPSA) is 44.8 Å². The summed E-state index contributed by atoms with van der Waals surface area (Å²) in [4.78, 5) is 13.8. The van der Waals surface area contributed by atoms with Crippen LogP contribution in [0, 0.1) is 0 Å². The fourth-order valence-electron chi connectivity index (χ4n) is 7.38. The molecule has 0 radical (unpaired) electrons. The van der Waals surface area contributed by atoms with Crippen LogP contribution in [0.2, 0.25) is 0 Å². The number of Topliss-reactive ketones (excluding diaryl/α,β-unsaturated/α-hetero) is 1. The Morgan fingerprint density at radius 1 is 0.482 bits per heavy atom. The van der Waals surface area contributed by atoms with E-state index in [1.807, 2.05) is 24.3 Å². The van der Waals surface area contributed by atoms with Crippen molar-refractivity contribution in [3.05, 3.63) is 101 Å². The molecular weight excluding hydrogens is 689 g/mol. The van der Waals surface area contributed by atoms with E-state index in [2.05, 4.69) is 97.0 Å². The van der Waals surface area contributed by atoms with Crippen molar-refractivity contribution < 1.29 is 19.0 Å². The van der Waals surface area contributed by atoms with Gasteiger partial charge in [0.1, 0.15) is 5.75 Å². The third-order valence-corrected chi connectivity index (χ3v) is 11.6. The zero-order chi connectivity index (χ0) is 40.4. The highest BCUT2D eigenvalue weighted by molar-refractivity contribution is 5.98. The van der Waals surface area contributed by atoms with Gasteiger partial charge in [-0.3, -0.25) is 4.79 Å². The average Bonchev–Trinajstić information content (AvgIpc) is 3.21. The number of hydrogen-bond acceptors (Lipinski definition) is 4. The van der Waals surface area contributed by atoms with Gasteiger partial charge in [-0.25, -0.2) is 0 Å². The molecule has 0 N–H and O–H groups in total. The van der Waals surface area contributed by atoms with Gasteiger partial charge >= 0.3 is 0 Å². The molecule has 0 aliphatic rings. The molecule has 0 heterocycles. The normalized spacial score (nSPS) is 13.3. The molecule has 2 unspecified atom stereocenters. The molecule has 56 heavy (non-hydrogen) atoms. The first kappa shape index (κ1) is 47.4. The lowest BCUT2D eigenvalue weighted by Crippen LogP contribution is -2.29. The average molecular weight is 769 g/mol. The highest BCUT2D eigenvalue weighted by atomic mass is 16.7. The zero-order valence-corrected chi connectivity index (χ0v) is 36.8. The summed E-state index contributed by atoms with van der Waals surface area (Å²) >= 11 is 0. The molecule has 0 aliphatic carbocycles. The van der Waals surface area contributed by atoms with E-state index in [1.165, 1.54) is 119 Å². The summed E-state index contributed by atoms with van der Waals surface area (Å²) in [7, 11) is 0. The summed E-state index contributed by atoms with van der Waals surface area (Å²) in [6.45, 7) is 17.2. The smallest absolute Gasteiger partial charge is 0.222 e. The lowest BCUT2D eigenvalue weighted by Gasteiger charge is -2.21. The molecule has 0 aliphatic heterocycles. The summed E-state index contributed by atoms with van der Waals surface area (Å²) < 4.78 is 18.6. The summed E-state index contributed by atoms with van der Waals surface area (Å²) in [5.41, 5.74) is 5.88. The quantitative estimate of drug-likeness (QED) is 0.0360. The fourth-order valence-corrected chi connectivity index (χ4v) is 7.38. The van der Waals surface area contributed by atoms with E-state index in [9.17, 15) is 4.79 Å². The van der Waals surface area contributed by atoms with Crippen LogP contribution >= 0.6 is 0 Å². The summed E-state index contributed by atoms with van der Waals surface area (Å²) in [6.07, 6.45) is 22.4. The van der Waals surface area contributed by atoms with E-state index >= 15 is 0 Å². The summed E-state index contributed by atoms with van der Waals surface area (Å²) in [5, 5.41) is 0. The molecule has 2 atom stereocenters. The van der Waals surface area contributed by atoms with Crippen LogP contribution in [-0.4, -0.2) is 31.9 Å². The van der Waals surface area contributed by atoms with Crippen molar-refractivity contribution in [3.63, 3.8) is 0 Å². The molecular formula is C52H80O4. The van der Waals surface area contributed by atoms with Crippen molar-refractivity contribution in [2.24, 2.45) is 0 Å². The van der Waals surface area contributed by atoms with E-state index in [4.69, 9.17) is 14.2 Å². The number of hydrogen-bond donors (Lipinski definition) is 0. The third-order valence-electron chi connectivity index (χ3n) is 11.6. The van der Waals surface area contributed by atoms with Crippen LogP contribution in [0.3, 0.4) is 0 Å². The molecule has 312 valence electrons. The third kappa shape index (κ3) is 19.0. The van der Waals surface area contributed by atoms with Crippen LogP contribution < -0.4 is 4.74 Å². The Hall–Kier alpha value is -2.95. The Kier molecular flexibility index (Phi) is 24.1. The molecule has 0 amide bonds. The number of rotatable bonds is 32. The van der Waals surface area contributed by atoms with Crippen molar-refractivity contribution in [3.8, 4) is 5.75 Å². The first-order chi connectivity index (χ1) is 27.2. The van der Waals surface area contributed by atoms with E-state index in [1.54, 1.807) is 0 Å². The van der Waals surface area contributed by atoms with E-state index in [-0.39, 0.29) is 5.78 Å². The van der Waals surface area contributed by atoms with E-state index < -0.39 is 6.29 Å². The van der Waals surface area contributed by atoms with Crippen molar-refractivity contribution in [1.29, 1.82) is 0 Å². The maximum atomic E-state index is 13.8. The molecule has 3 rings (SSSR count). The minimum atomic E-state index is -0.949. The van der Waals surface area contributed by atoms with Gasteiger partial charge in [0.2, 0.25) is 12.1 Å². The van der Waals surface area contributed by atoms with Crippen LogP contribution in [-0.2, 0) is 9.47 Å². The maximum Gasteiger partial charge on any atom is 0.222 e. The minimum absolute atomic E-state index is 0.140. The van der Waals surface area contributed by atoms with Crippen LogP contribution in [0.25, 0.3) is 0 Å². The summed E-state index contributed by atoms with van der Waals surface area (Å²) in [6, 6.07) is 25.2. The second kappa shape index (κ2) is 28.5. The minimum Gasteiger partial charge on any atom is -0.494 e. The molecule has 0 spiro atoms. The van der Waals surface area contributed by atoms with Gasteiger partial charge in [-0.15, -0.1) is 0 Å². The molecule has 0 bridgehead atoms. The van der Waals surface area contributed by atoms with Gasteiger partial charge in [-0.1, -0.05) is 193 Å². The van der Waals surface area contributed by atoms with Crippen molar-refractivity contribution >= 4 is 5.78 Å². The number of ether oxygens (including phenoxy) is 3. The number of unbranched alkanes of at least 4 members (excludes halogenated alkanes) is 15. The van der Waals surface area contributed by atoms with Crippen LogP contribution in [0.15, 0.2) is 72.8 Å². The Morgan fingerprint density at radius 2 is 0.875 bits per heavy atom. The predicted octanol–water partition coefficient (Wildman–Crippen LogP) is 15.5. The molecule has 0 fully saturated rings. The standard InChI is InChI=1S/C52H80O4/c1-8-9-10-11-12-13-14-15-16-17-18-19-20-21-22-23-36-54-50-32-30-45(31-33-50)51(53)52(55-37-34-43(6)48-28-24-26-46(39-48)41(2)3)56-38-35-44(7)49-29-25-27-47(40-49)42(4)5/h24-33,39-44,52H,8-23,34-38H2,1-7H3. The lowest BCUT2D eigenvalue weighted by atomic mass is 9.93. The van der Waals surface area contributed by atoms with E-state index in [0.717, 1.165) is 25.0 Å². The predicted molar refractivity (Wildman–Crippen MR) is 239 cm³/mol. The Labute approximate surface area is 343 Å². The first-order valence-corrected chi connectivity index (χ1v) is 22.9. The molecule has 0 aromatic heterocycles. The monoisotopic (exact) mass is 769 g/mol. The second-order valence-corrected chi connectivity index (χ2v) is 17.1. The van der Waals surface area contributed by atoms with Crippen LogP contribution in [0.4, 0.5) is 0 Å². The highest BCUT2D eigenvalue weighted by Gasteiger charge is 2.23. The molecule has 4 nitrogen and oxygen atoms in total. The van der Waals surface area contributed by atoms with Crippen molar-refractivity contribution in [2.75, 3.05) is 19.8 Å². The number of carbonyl (C=O) groups is 1. The molecule has 0 saturated heterocycles. The van der Waals surface area contributed by atoms with Crippen LogP contribution in [0.5, 0.6) is 5.75 Å². The molecule has 3 aromatic carbocycles. The number of carbonyl (C=O) groups excluding carboxylic acids is 1. The van der Waals surface area contributed by atoms with Crippen molar-refractivity contribution in [2.45, 2.75) is 194 Å². The Morgan fingerprint density at radius 3 is 1.29 bits per heavy atom. The van der Waals surface area contributed by atoms with Gasteiger partial charge in [0.05, 0.1) is 19.8 Å². The Balaban J connectivity index is 1.41. The van der Waals surface area contributed by atoms with Gasteiger partial charge in [-0.2, -0.15) is 0 Å². The molecule has 4 heteroatoms. The number of benzene rings is 3. The Bertz CT molecular complexity index is 1380. The van der Waals surface area contributed by atoms with Gasteiger partial charge in [0.25, 0.3) is 0 Å². The van der Waals surface area contributed by atoms with E-state index in [0.29, 0.717) is 49.1 Å². The van der Waals surface area contributed by atoms with Gasteiger partial charge < -0.3 is 14.2 Å². The maximum absolute atomic E-state index is 13.8. The fraction of sp³-hybridized carbons (Fsp3) is 0.635. The van der Waals surface area contributed by atoms with Crippen molar-refractivity contribution in [1.82, 2.24) is 0 Å². The lowest BCUT2D eigenvalue weighted by molar-refractivity contribution is -0.116. The number of ketones is 1. The summed E-state index contributed by atoms with van der Waals surface area (Å²) in [5.74, 6) is 2.25. The van der Waals surface area contributed by atoms with Gasteiger partial charge in [-0.05, 0) is 89.5 Å². The zero-order valence-electron chi connectivity index (χ0n) is 36.8. The van der Waals surface area contributed by atoms with Gasteiger partial charge in [0, 0.05) is 5.56 Å². The van der Waals surface area contributed by atoms with Crippen LogP contribution in [0.1, 0.15) is 220 Å².